The molecule has 0 amide bonds. The fourth-order valence-corrected chi connectivity index (χ4v) is 18.4. The molecule has 138 heavy (non-hydrogen) atoms. The molecule has 7 aromatic carbocycles. The van der Waals surface area contributed by atoms with Crippen molar-refractivity contribution >= 4 is 0 Å². The third kappa shape index (κ3) is 41.3. The fourth-order valence-electron chi connectivity index (χ4n) is 18.4. The van der Waals surface area contributed by atoms with Gasteiger partial charge in [0.1, 0.15) is 34.5 Å². The van der Waals surface area contributed by atoms with Gasteiger partial charge < -0.3 is 92.2 Å². The SMILES string of the molecule is C1=CC(CNCCNCc2ccc(OCCCCc3c(CCCCOc4ccc(CNCCNCC5C=CC=C5)cc4)c(CCCCOc4ccc(CNCCNCC5C=CC=C5)cc4)c(CCCCOc4ccc(CNCCNCC5C=CC=C5)cc4)c(CCCCOc4ccc(CNCCNCC5C=CC=C5)cc4)c3CCCCOc3ccc(CNCCNCC4C=CC=C4)cc3)cc2)C=C1. The van der Waals surface area contributed by atoms with Crippen molar-refractivity contribution in [3.63, 3.8) is 0 Å². The highest BCUT2D eigenvalue weighted by Gasteiger charge is 2.25. The van der Waals surface area contributed by atoms with E-state index in [4.69, 9.17) is 28.4 Å². The fraction of sp³-hybridized carbons (Fsp3) is 0.450. The molecule has 18 nitrogen and oxygen atoms in total. The predicted molar refractivity (Wildman–Crippen MR) is 574 cm³/mol. The number of nitrogens with one attached hydrogen (secondary N) is 12. The van der Waals surface area contributed by atoms with E-state index in [0.29, 0.717) is 75.1 Å². The van der Waals surface area contributed by atoms with E-state index in [-0.39, 0.29) is 0 Å². The van der Waals surface area contributed by atoms with Crippen LogP contribution < -0.4 is 92.2 Å². The summed E-state index contributed by atoms with van der Waals surface area (Å²) >= 11 is 0. The van der Waals surface area contributed by atoms with E-state index in [9.17, 15) is 0 Å². The monoisotopic (exact) mass is 1870 g/mol. The third-order valence-electron chi connectivity index (χ3n) is 26.4. The zero-order valence-corrected chi connectivity index (χ0v) is 82.6. The Labute approximate surface area is 827 Å². The van der Waals surface area contributed by atoms with E-state index >= 15 is 0 Å². The van der Waals surface area contributed by atoms with Crippen molar-refractivity contribution in [2.45, 2.75) is 155 Å². The molecule has 0 saturated heterocycles. The van der Waals surface area contributed by atoms with Crippen molar-refractivity contribution in [3.8, 4) is 34.5 Å². The Kier molecular flexibility index (Phi) is 49.4. The summed E-state index contributed by atoms with van der Waals surface area (Å²) in [5, 5.41) is 43.4. The summed E-state index contributed by atoms with van der Waals surface area (Å²) in [6.07, 6.45) is 70.1. The van der Waals surface area contributed by atoms with Crippen LogP contribution in [-0.4, -0.2) is 157 Å². The molecule has 6 aliphatic rings. The smallest absolute Gasteiger partial charge is 0.119 e. The molecule has 12 N–H and O–H groups in total. The van der Waals surface area contributed by atoms with Crippen molar-refractivity contribution in [2.24, 2.45) is 35.5 Å². The lowest BCUT2D eigenvalue weighted by Crippen LogP contribution is -2.29. The van der Waals surface area contributed by atoms with Crippen molar-refractivity contribution in [3.05, 3.63) is 358 Å². The number of ether oxygens (including phenoxy) is 6. The first kappa shape index (κ1) is 105. The first-order chi connectivity index (χ1) is 68.5. The van der Waals surface area contributed by atoms with Crippen LogP contribution in [0, 0.1) is 35.5 Å². The summed E-state index contributed by atoms with van der Waals surface area (Å²) in [7, 11) is 0. The van der Waals surface area contributed by atoms with E-state index in [1.54, 1.807) is 33.4 Å². The molecule has 7 aromatic rings. The third-order valence-corrected chi connectivity index (χ3v) is 26.4. The van der Waals surface area contributed by atoms with Crippen LogP contribution in [0.15, 0.2) is 291 Å². The largest absolute Gasteiger partial charge is 0.494 e. The van der Waals surface area contributed by atoms with Gasteiger partial charge in [0, 0.05) is 193 Å². The number of hydrogen-bond acceptors (Lipinski definition) is 18. The van der Waals surface area contributed by atoms with Gasteiger partial charge in [-0.15, -0.1) is 0 Å². The van der Waals surface area contributed by atoms with E-state index in [1.807, 2.05) is 0 Å². The summed E-state index contributed by atoms with van der Waals surface area (Å²) in [5.74, 6) is 8.44. The van der Waals surface area contributed by atoms with Gasteiger partial charge >= 0.3 is 0 Å². The summed E-state index contributed by atoms with van der Waals surface area (Å²) in [5.41, 5.74) is 16.9. The Balaban J connectivity index is 0.742. The number of unbranched alkanes of at least 4 members (excludes halogenated alkanes) is 6. The molecule has 0 spiro atoms. The molecule has 738 valence electrons. The molecule has 0 aromatic heterocycles. The molecule has 0 unspecified atom stereocenters. The zero-order chi connectivity index (χ0) is 94.5. The molecule has 0 saturated carbocycles. The van der Waals surface area contributed by atoms with Crippen LogP contribution in [0.1, 0.15) is 144 Å². The maximum Gasteiger partial charge on any atom is 0.119 e. The Morgan fingerprint density at radius 3 is 0.420 bits per heavy atom. The maximum absolute atomic E-state index is 6.69. The molecule has 0 radical (unpaired) electrons. The van der Waals surface area contributed by atoms with Crippen LogP contribution in [0.5, 0.6) is 34.5 Å². The van der Waals surface area contributed by atoms with E-state index in [0.717, 1.165) is 307 Å². The number of hydrogen-bond donors (Lipinski definition) is 12. The Morgan fingerprint density at radius 2 is 0.283 bits per heavy atom. The second-order valence-electron chi connectivity index (χ2n) is 37.5. The van der Waals surface area contributed by atoms with Crippen molar-refractivity contribution in [1.82, 2.24) is 63.8 Å². The highest BCUT2D eigenvalue weighted by molar-refractivity contribution is 5.54. The van der Waals surface area contributed by atoms with Crippen LogP contribution in [0.4, 0.5) is 0 Å². The van der Waals surface area contributed by atoms with Crippen molar-refractivity contribution < 1.29 is 28.4 Å². The van der Waals surface area contributed by atoms with Crippen LogP contribution in [-0.2, 0) is 77.8 Å². The van der Waals surface area contributed by atoms with Crippen molar-refractivity contribution in [2.75, 3.05) is 157 Å². The number of allylic oxidation sites excluding steroid dienone is 12. The van der Waals surface area contributed by atoms with E-state index in [1.165, 1.54) is 33.4 Å². The zero-order valence-electron chi connectivity index (χ0n) is 82.6. The van der Waals surface area contributed by atoms with Gasteiger partial charge in [-0.2, -0.15) is 0 Å². The standard InChI is InChI=1S/C120H162N12O6/c1-2-26-97(25-1)85-121-67-73-127-91-103-43-55-109(56-44-103)133-79-19-13-37-115-116(38-14-20-80-134-110-57-45-104(46-58-110)92-128-74-68-122-86-98-27-3-4-28-98)118(40-16-22-82-136-112-61-49-106(50-62-112)94-130-76-70-124-88-100-31-7-8-32-100)120(42-18-24-84-138-114-65-53-108(54-66-114)96-132-78-72-126-90-102-35-11-12-36-102)119(41-17-23-83-137-113-63-51-107(52-64-113)95-131-77-71-125-89-101-33-9-10-34-101)117(115)39-15-21-81-135-111-59-47-105(48-60-111)93-129-75-69-123-87-99-29-5-6-30-99/h1-12,25-36,43-66,97-102,121-132H,13-24,37-42,67-96H2. The van der Waals surface area contributed by atoms with Gasteiger partial charge in [0.05, 0.1) is 39.6 Å². The summed E-state index contributed by atoms with van der Waals surface area (Å²) in [6, 6.07) is 52.4. The lowest BCUT2D eigenvalue weighted by molar-refractivity contribution is 0.304. The van der Waals surface area contributed by atoms with Gasteiger partial charge in [-0.3, -0.25) is 0 Å². The summed E-state index contributed by atoms with van der Waals surface area (Å²) in [4.78, 5) is 0. The highest BCUT2D eigenvalue weighted by atomic mass is 16.5. The molecule has 0 atom stereocenters. The van der Waals surface area contributed by atoms with Crippen LogP contribution in [0.25, 0.3) is 0 Å². The Hall–Kier alpha value is -10.3. The van der Waals surface area contributed by atoms with Gasteiger partial charge in [-0.05, 0) is 255 Å². The molecule has 0 bridgehead atoms. The topological polar surface area (TPSA) is 200 Å². The average molecular weight is 1870 g/mol. The molecular formula is C120H162N12O6. The first-order valence-corrected chi connectivity index (χ1v) is 52.6. The lowest BCUT2D eigenvalue weighted by Gasteiger charge is -2.28. The molecule has 0 aliphatic heterocycles. The van der Waals surface area contributed by atoms with E-state index < -0.39 is 0 Å². The van der Waals surface area contributed by atoms with Crippen LogP contribution >= 0.6 is 0 Å². The molecule has 0 heterocycles. The highest BCUT2D eigenvalue weighted by Crippen LogP contribution is 2.37. The Morgan fingerprint density at radius 1 is 0.152 bits per heavy atom. The minimum atomic E-state index is 0.489. The molecule has 0 fully saturated rings. The second-order valence-corrected chi connectivity index (χ2v) is 37.5. The Bertz CT molecular complexity index is 4030. The van der Waals surface area contributed by atoms with Gasteiger partial charge in [0.25, 0.3) is 0 Å². The van der Waals surface area contributed by atoms with Crippen LogP contribution in [0.2, 0.25) is 0 Å². The summed E-state index contributed by atoms with van der Waals surface area (Å²) < 4.78 is 40.1. The minimum absolute atomic E-state index is 0.489. The van der Waals surface area contributed by atoms with Gasteiger partial charge in [-0.1, -0.05) is 219 Å². The second kappa shape index (κ2) is 64.9. The van der Waals surface area contributed by atoms with E-state index in [2.05, 4.69) is 355 Å². The predicted octanol–water partition coefficient (Wildman–Crippen LogP) is 18.6. The van der Waals surface area contributed by atoms with Gasteiger partial charge in [-0.25, -0.2) is 0 Å². The van der Waals surface area contributed by atoms with Gasteiger partial charge in [0.15, 0.2) is 0 Å². The normalized spacial score (nSPS) is 14.4. The maximum atomic E-state index is 6.69. The average Bonchev–Trinajstić information content (AvgIpc) is 1.03. The summed E-state index contributed by atoms with van der Waals surface area (Å²) in [6.45, 7) is 25.6. The number of rotatable bonds is 78. The van der Waals surface area contributed by atoms with Crippen LogP contribution in [0.3, 0.4) is 0 Å². The molecule has 13 rings (SSSR count). The minimum Gasteiger partial charge on any atom is -0.494 e. The number of benzene rings is 7. The quantitative estimate of drug-likeness (QED) is 0.0161. The molecule has 6 aliphatic carbocycles. The van der Waals surface area contributed by atoms with Gasteiger partial charge in [0.2, 0.25) is 0 Å². The van der Waals surface area contributed by atoms with Crippen molar-refractivity contribution in [1.29, 1.82) is 0 Å². The molecular weight excluding hydrogens is 1710 g/mol. The lowest BCUT2D eigenvalue weighted by atomic mass is 9.77. The first-order valence-electron chi connectivity index (χ1n) is 52.6. The molecule has 18 heteroatoms.